The van der Waals surface area contributed by atoms with Crippen LogP contribution in [0.4, 0.5) is 10.2 Å². The summed E-state index contributed by atoms with van der Waals surface area (Å²) < 4.78 is 14.5. The monoisotopic (exact) mass is 428 g/mol. The molecule has 0 aliphatic carbocycles. The van der Waals surface area contributed by atoms with Crippen LogP contribution >= 0.6 is 0 Å². The first-order chi connectivity index (χ1) is 15.5. The molecule has 0 fully saturated rings. The fourth-order valence-corrected chi connectivity index (χ4v) is 3.77. The minimum Gasteiger partial charge on any atom is -0.373 e. The highest BCUT2D eigenvalue weighted by atomic mass is 19.1. The molecule has 5 nitrogen and oxygen atoms in total. The largest absolute Gasteiger partial charge is 0.373 e. The van der Waals surface area contributed by atoms with Crippen molar-refractivity contribution in [3.8, 4) is 11.1 Å². The van der Waals surface area contributed by atoms with Crippen LogP contribution in [0.5, 0.6) is 0 Å². The van der Waals surface area contributed by atoms with Gasteiger partial charge in [0.25, 0.3) is 0 Å². The Morgan fingerprint density at radius 1 is 1.00 bits per heavy atom. The summed E-state index contributed by atoms with van der Waals surface area (Å²) in [4.78, 5) is 21.0. The second kappa shape index (κ2) is 9.56. The molecule has 0 spiro atoms. The average molecular weight is 429 g/mol. The molecule has 0 saturated heterocycles. The molecule has 0 aliphatic rings. The SMILES string of the molecule is CNc1ncnc2ccc(-c3ccc(F)c(CNC(=O)CC(C)c4ccccc4)c3)cc12. The summed E-state index contributed by atoms with van der Waals surface area (Å²) >= 11 is 0. The van der Waals surface area contributed by atoms with Crippen molar-refractivity contribution in [2.24, 2.45) is 0 Å². The van der Waals surface area contributed by atoms with Crippen LogP contribution in [0.1, 0.15) is 30.4 Å². The number of fused-ring (bicyclic) bond motifs is 1. The zero-order valence-electron chi connectivity index (χ0n) is 18.1. The molecule has 6 heteroatoms. The number of benzene rings is 3. The number of anilines is 1. The summed E-state index contributed by atoms with van der Waals surface area (Å²) in [5.41, 5.74) is 4.17. The maximum absolute atomic E-state index is 14.5. The Labute approximate surface area is 186 Å². The summed E-state index contributed by atoms with van der Waals surface area (Å²) in [5.74, 6) is 0.380. The molecule has 4 aromatic rings. The van der Waals surface area contributed by atoms with Crippen LogP contribution in [0.15, 0.2) is 73.1 Å². The Kier molecular flexibility index (Phi) is 6.40. The quantitative estimate of drug-likeness (QED) is 0.420. The fraction of sp³-hybridized carbons (Fsp3) is 0.192. The van der Waals surface area contributed by atoms with E-state index in [4.69, 9.17) is 0 Å². The van der Waals surface area contributed by atoms with Gasteiger partial charge in [0.15, 0.2) is 0 Å². The van der Waals surface area contributed by atoms with Gasteiger partial charge >= 0.3 is 0 Å². The third-order valence-electron chi connectivity index (χ3n) is 5.59. The number of carbonyl (C=O) groups excluding carboxylic acids is 1. The molecule has 162 valence electrons. The number of nitrogens with one attached hydrogen (secondary N) is 2. The fourth-order valence-electron chi connectivity index (χ4n) is 3.77. The highest BCUT2D eigenvalue weighted by Crippen LogP contribution is 2.28. The van der Waals surface area contributed by atoms with Gasteiger partial charge in [-0.05, 0) is 46.9 Å². The molecular formula is C26H25FN4O. The molecule has 0 bridgehead atoms. The third-order valence-corrected chi connectivity index (χ3v) is 5.59. The van der Waals surface area contributed by atoms with Crippen LogP contribution in [0.3, 0.4) is 0 Å². The number of carbonyl (C=O) groups is 1. The van der Waals surface area contributed by atoms with E-state index in [2.05, 4.69) is 20.6 Å². The van der Waals surface area contributed by atoms with Gasteiger partial charge in [0.2, 0.25) is 5.91 Å². The third kappa shape index (κ3) is 4.75. The Bertz CT molecular complexity index is 1240. The molecule has 0 aliphatic heterocycles. The predicted octanol–water partition coefficient (Wildman–Crippen LogP) is 5.29. The van der Waals surface area contributed by atoms with E-state index in [1.54, 1.807) is 12.1 Å². The van der Waals surface area contributed by atoms with E-state index in [0.29, 0.717) is 12.0 Å². The molecule has 32 heavy (non-hydrogen) atoms. The molecule has 1 aromatic heterocycles. The van der Waals surface area contributed by atoms with Crippen molar-refractivity contribution in [1.29, 1.82) is 0 Å². The first kappa shape index (κ1) is 21.4. The topological polar surface area (TPSA) is 66.9 Å². The van der Waals surface area contributed by atoms with Crippen molar-refractivity contribution in [1.82, 2.24) is 15.3 Å². The van der Waals surface area contributed by atoms with Crippen molar-refractivity contribution in [2.45, 2.75) is 25.8 Å². The summed E-state index contributed by atoms with van der Waals surface area (Å²) in [6.45, 7) is 2.15. The van der Waals surface area contributed by atoms with E-state index in [9.17, 15) is 9.18 Å². The summed E-state index contributed by atoms with van der Waals surface area (Å²) in [7, 11) is 1.81. The van der Waals surface area contributed by atoms with E-state index in [1.807, 2.05) is 62.5 Å². The van der Waals surface area contributed by atoms with Gasteiger partial charge in [-0.25, -0.2) is 14.4 Å². The number of hydrogen-bond donors (Lipinski definition) is 2. The Balaban J connectivity index is 1.49. The van der Waals surface area contributed by atoms with E-state index < -0.39 is 0 Å². The molecular weight excluding hydrogens is 403 g/mol. The van der Waals surface area contributed by atoms with Crippen LogP contribution in [-0.4, -0.2) is 22.9 Å². The number of hydrogen-bond acceptors (Lipinski definition) is 4. The van der Waals surface area contributed by atoms with Gasteiger partial charge in [0.1, 0.15) is 18.0 Å². The van der Waals surface area contributed by atoms with Crippen LogP contribution in [0.2, 0.25) is 0 Å². The van der Waals surface area contributed by atoms with Crippen molar-refractivity contribution in [3.63, 3.8) is 0 Å². The smallest absolute Gasteiger partial charge is 0.220 e. The van der Waals surface area contributed by atoms with Gasteiger partial charge in [0.05, 0.1) is 5.52 Å². The lowest BCUT2D eigenvalue weighted by atomic mass is 9.97. The predicted molar refractivity (Wildman–Crippen MR) is 126 cm³/mol. The molecule has 0 saturated carbocycles. The normalized spacial score (nSPS) is 11.8. The van der Waals surface area contributed by atoms with Gasteiger partial charge in [-0.2, -0.15) is 0 Å². The van der Waals surface area contributed by atoms with Gasteiger partial charge in [-0.3, -0.25) is 4.79 Å². The first-order valence-electron chi connectivity index (χ1n) is 10.6. The second-order valence-corrected chi connectivity index (χ2v) is 7.80. The van der Waals surface area contributed by atoms with Crippen molar-refractivity contribution >= 4 is 22.6 Å². The number of rotatable bonds is 7. The summed E-state index contributed by atoms with van der Waals surface area (Å²) in [6.07, 6.45) is 1.87. The molecule has 4 rings (SSSR count). The minimum atomic E-state index is -0.342. The van der Waals surface area contributed by atoms with Gasteiger partial charge < -0.3 is 10.6 Å². The van der Waals surface area contributed by atoms with E-state index in [1.165, 1.54) is 12.4 Å². The average Bonchev–Trinajstić information content (AvgIpc) is 2.83. The Hall–Kier alpha value is -3.80. The van der Waals surface area contributed by atoms with Crippen molar-refractivity contribution < 1.29 is 9.18 Å². The van der Waals surface area contributed by atoms with E-state index >= 15 is 0 Å². The molecule has 1 atom stereocenters. The van der Waals surface area contributed by atoms with Crippen molar-refractivity contribution in [2.75, 3.05) is 12.4 Å². The Morgan fingerprint density at radius 2 is 1.75 bits per heavy atom. The molecule has 0 radical (unpaired) electrons. The number of amides is 1. The van der Waals surface area contributed by atoms with Gasteiger partial charge in [0, 0.05) is 31.0 Å². The maximum atomic E-state index is 14.5. The lowest BCUT2D eigenvalue weighted by Crippen LogP contribution is -2.24. The highest BCUT2D eigenvalue weighted by Gasteiger charge is 2.13. The maximum Gasteiger partial charge on any atom is 0.220 e. The molecule has 1 heterocycles. The summed E-state index contributed by atoms with van der Waals surface area (Å²) in [5, 5.41) is 6.82. The lowest BCUT2D eigenvalue weighted by Gasteiger charge is -2.13. The number of nitrogens with zero attached hydrogens (tertiary/aromatic N) is 2. The molecule has 1 unspecified atom stereocenters. The molecule has 2 N–H and O–H groups in total. The zero-order valence-corrected chi connectivity index (χ0v) is 18.1. The highest BCUT2D eigenvalue weighted by molar-refractivity contribution is 5.92. The van der Waals surface area contributed by atoms with Crippen LogP contribution < -0.4 is 10.6 Å². The number of aromatic nitrogens is 2. The first-order valence-corrected chi connectivity index (χ1v) is 10.6. The van der Waals surface area contributed by atoms with Crippen molar-refractivity contribution in [3.05, 3.63) is 90.0 Å². The summed E-state index contributed by atoms with van der Waals surface area (Å²) in [6, 6.07) is 20.7. The van der Waals surface area contributed by atoms with Crippen LogP contribution in [0, 0.1) is 5.82 Å². The molecule has 1 amide bonds. The number of halogens is 1. The minimum absolute atomic E-state index is 0.0913. The second-order valence-electron chi connectivity index (χ2n) is 7.80. The van der Waals surface area contributed by atoms with E-state index in [0.717, 1.165) is 33.4 Å². The lowest BCUT2D eigenvalue weighted by molar-refractivity contribution is -0.121. The van der Waals surface area contributed by atoms with E-state index in [-0.39, 0.29) is 24.2 Å². The Morgan fingerprint density at radius 3 is 2.53 bits per heavy atom. The van der Waals surface area contributed by atoms with Crippen LogP contribution in [0.25, 0.3) is 22.0 Å². The standard InChI is InChI=1S/C26H25FN4O/c1-17(18-6-4-3-5-7-18)12-25(32)29-15-21-13-19(8-10-23(21)27)20-9-11-24-22(14-20)26(28-2)31-16-30-24/h3-11,13-14,16-17H,12,15H2,1-2H3,(H,29,32)(H,28,30,31). The molecule has 3 aromatic carbocycles. The zero-order chi connectivity index (χ0) is 22.5. The van der Waals surface area contributed by atoms with Gasteiger partial charge in [-0.1, -0.05) is 49.4 Å². The van der Waals surface area contributed by atoms with Gasteiger partial charge in [-0.15, -0.1) is 0 Å². The van der Waals surface area contributed by atoms with Crippen LogP contribution in [-0.2, 0) is 11.3 Å².